The molecule has 0 aliphatic rings. The first-order chi connectivity index (χ1) is 11.0. The van der Waals surface area contributed by atoms with Gasteiger partial charge in [0.25, 0.3) is 0 Å². The van der Waals surface area contributed by atoms with Crippen molar-refractivity contribution in [2.45, 2.75) is 51.9 Å². The van der Waals surface area contributed by atoms with Gasteiger partial charge >= 0.3 is 0 Å². The summed E-state index contributed by atoms with van der Waals surface area (Å²) in [7, 11) is 0. The summed E-state index contributed by atoms with van der Waals surface area (Å²) in [5.74, 6) is 0. The maximum Gasteiger partial charge on any atom is 0.180 e. The summed E-state index contributed by atoms with van der Waals surface area (Å²) >= 11 is 0. The lowest BCUT2D eigenvalue weighted by atomic mass is 10.3. The van der Waals surface area contributed by atoms with Gasteiger partial charge in [-0.1, -0.05) is 102 Å². The monoisotopic (exact) mass is 362 g/mol. The molecule has 0 aromatic heterocycles. The molecule has 2 unspecified atom stereocenters. The lowest BCUT2D eigenvalue weighted by Crippen LogP contribution is -2.33. The zero-order chi connectivity index (χ0) is 18.2. The van der Waals surface area contributed by atoms with Crippen molar-refractivity contribution < 1.29 is 9.13 Å². The predicted molar refractivity (Wildman–Crippen MR) is 107 cm³/mol. The van der Waals surface area contributed by atoms with Crippen LogP contribution in [0.4, 0.5) is 0 Å². The Bertz CT molecular complexity index is 712. The fourth-order valence-corrected chi connectivity index (χ4v) is 16.1. The van der Waals surface area contributed by atoms with Crippen LogP contribution >= 0.6 is 13.7 Å². The zero-order valence-corrected chi connectivity index (χ0v) is 17.3. The molecule has 2 aromatic carbocycles. The topological polar surface area (TPSA) is 34.1 Å². The Morgan fingerprint density at radius 1 is 0.542 bits per heavy atom. The van der Waals surface area contributed by atoms with Crippen molar-refractivity contribution in [3.05, 3.63) is 60.7 Å². The standard InChI is InChI=1S/C20H28O2P2/c1-19(2,3)23(21,17-13-9-7-10-14-17)24(22,20(4,5)6)18-15-11-8-12-16-18/h7-16H,1-6H3. The molecule has 130 valence electrons. The molecular formula is C20H28O2P2. The number of hydrogen-bond acceptors (Lipinski definition) is 2. The van der Waals surface area contributed by atoms with Crippen LogP contribution in [0.2, 0.25) is 0 Å². The van der Waals surface area contributed by atoms with Gasteiger partial charge in [0.05, 0.1) is 0 Å². The van der Waals surface area contributed by atoms with Gasteiger partial charge in [-0.25, -0.2) is 0 Å². The lowest BCUT2D eigenvalue weighted by Gasteiger charge is -2.44. The SMILES string of the molecule is CC(C)(C)P(=O)(c1ccccc1)P(=O)(c1ccccc1)C(C)(C)C. The van der Waals surface area contributed by atoms with Crippen molar-refractivity contribution >= 4 is 24.3 Å². The van der Waals surface area contributed by atoms with Gasteiger partial charge < -0.3 is 9.13 Å². The molecule has 0 aliphatic heterocycles. The van der Waals surface area contributed by atoms with E-state index in [9.17, 15) is 9.13 Å². The van der Waals surface area contributed by atoms with E-state index >= 15 is 0 Å². The van der Waals surface area contributed by atoms with Gasteiger partial charge in [0, 0.05) is 20.9 Å². The van der Waals surface area contributed by atoms with E-state index in [4.69, 9.17) is 0 Å². The molecule has 0 saturated heterocycles. The Hall–Kier alpha value is -1.10. The van der Waals surface area contributed by atoms with Crippen LogP contribution < -0.4 is 10.6 Å². The molecule has 0 spiro atoms. The second-order valence-electron chi connectivity index (χ2n) is 8.16. The molecular weight excluding hydrogens is 334 g/mol. The van der Waals surface area contributed by atoms with E-state index in [2.05, 4.69) is 0 Å². The average Bonchev–Trinajstić information content (AvgIpc) is 2.52. The maximum atomic E-state index is 14.6. The molecule has 2 nitrogen and oxygen atoms in total. The van der Waals surface area contributed by atoms with Crippen molar-refractivity contribution in [1.29, 1.82) is 0 Å². The largest absolute Gasteiger partial charge is 0.310 e. The molecule has 0 amide bonds. The van der Waals surface area contributed by atoms with E-state index in [0.29, 0.717) is 10.6 Å². The second-order valence-corrected chi connectivity index (χ2v) is 17.6. The Labute approximate surface area is 146 Å². The summed E-state index contributed by atoms with van der Waals surface area (Å²) < 4.78 is 29.3. The highest BCUT2D eigenvalue weighted by molar-refractivity contribution is 8.42. The zero-order valence-electron chi connectivity index (χ0n) is 15.5. The van der Waals surface area contributed by atoms with Gasteiger partial charge in [-0.05, 0) is 0 Å². The summed E-state index contributed by atoms with van der Waals surface area (Å²) in [5.41, 5.74) is 0. The van der Waals surface area contributed by atoms with E-state index in [1.807, 2.05) is 102 Å². The molecule has 24 heavy (non-hydrogen) atoms. The first-order valence-electron chi connectivity index (χ1n) is 8.28. The van der Waals surface area contributed by atoms with E-state index in [0.717, 1.165) is 0 Å². The van der Waals surface area contributed by atoms with Crippen molar-refractivity contribution in [2.75, 3.05) is 0 Å². The molecule has 2 atom stereocenters. The number of benzene rings is 2. The van der Waals surface area contributed by atoms with Gasteiger partial charge in [-0.2, -0.15) is 0 Å². The van der Waals surface area contributed by atoms with E-state index in [-0.39, 0.29) is 0 Å². The van der Waals surface area contributed by atoms with Crippen LogP contribution in [-0.2, 0) is 9.13 Å². The van der Waals surface area contributed by atoms with Crippen LogP contribution in [-0.4, -0.2) is 10.3 Å². The quantitative estimate of drug-likeness (QED) is 0.639. The minimum Gasteiger partial charge on any atom is -0.310 e. The van der Waals surface area contributed by atoms with Crippen LogP contribution in [0.15, 0.2) is 60.7 Å². The molecule has 0 heterocycles. The van der Waals surface area contributed by atoms with Gasteiger partial charge in [-0.15, -0.1) is 0 Å². The van der Waals surface area contributed by atoms with Crippen molar-refractivity contribution in [2.24, 2.45) is 0 Å². The molecule has 0 fully saturated rings. The summed E-state index contributed by atoms with van der Waals surface area (Å²) in [6, 6.07) is 18.8. The van der Waals surface area contributed by atoms with Gasteiger partial charge in [0.2, 0.25) is 0 Å². The summed E-state index contributed by atoms with van der Waals surface area (Å²) in [6.07, 6.45) is 0. The van der Waals surface area contributed by atoms with Crippen molar-refractivity contribution in [1.82, 2.24) is 0 Å². The van der Waals surface area contributed by atoms with Crippen molar-refractivity contribution in [3.8, 4) is 0 Å². The van der Waals surface area contributed by atoms with Crippen LogP contribution in [0, 0.1) is 0 Å². The minimum absolute atomic E-state index is 0.604. The third-order valence-electron chi connectivity index (χ3n) is 4.43. The van der Waals surface area contributed by atoms with Crippen LogP contribution in [0.1, 0.15) is 41.5 Å². The van der Waals surface area contributed by atoms with E-state index in [1.54, 1.807) is 0 Å². The van der Waals surface area contributed by atoms with Gasteiger partial charge in [-0.3, -0.25) is 0 Å². The molecule has 0 saturated carbocycles. The Morgan fingerprint density at radius 2 is 0.792 bits per heavy atom. The van der Waals surface area contributed by atoms with E-state index < -0.39 is 24.0 Å². The Balaban J connectivity index is 2.94. The molecule has 2 rings (SSSR count). The summed E-state index contributed by atoms with van der Waals surface area (Å²) in [4.78, 5) is 0. The maximum absolute atomic E-state index is 14.6. The highest BCUT2D eigenvalue weighted by atomic mass is 32.1. The van der Waals surface area contributed by atoms with Gasteiger partial charge in [0.1, 0.15) is 0 Å². The van der Waals surface area contributed by atoms with Crippen LogP contribution in [0.3, 0.4) is 0 Å². The normalized spacial score (nSPS) is 17.8. The molecule has 4 heteroatoms. The second kappa shape index (κ2) is 6.32. The minimum atomic E-state index is -3.27. The average molecular weight is 362 g/mol. The molecule has 0 N–H and O–H groups in total. The smallest absolute Gasteiger partial charge is 0.180 e. The fourth-order valence-electron chi connectivity index (χ4n) is 3.20. The Kier molecular flexibility index (Phi) is 5.06. The third-order valence-corrected chi connectivity index (χ3v) is 18.2. The first kappa shape index (κ1) is 19.2. The summed E-state index contributed by atoms with van der Waals surface area (Å²) in [6.45, 7) is 5.15. The summed E-state index contributed by atoms with van der Waals surface area (Å²) in [5, 5.41) is 0.208. The highest BCUT2D eigenvalue weighted by Gasteiger charge is 2.58. The van der Waals surface area contributed by atoms with Crippen molar-refractivity contribution in [3.63, 3.8) is 0 Å². The lowest BCUT2D eigenvalue weighted by molar-refractivity contribution is 0.544. The highest BCUT2D eigenvalue weighted by Crippen LogP contribution is 2.89. The van der Waals surface area contributed by atoms with Crippen LogP contribution in [0.5, 0.6) is 0 Å². The Morgan fingerprint density at radius 3 is 1.00 bits per heavy atom. The van der Waals surface area contributed by atoms with E-state index in [1.165, 1.54) is 0 Å². The third kappa shape index (κ3) is 2.85. The predicted octanol–water partition coefficient (Wildman–Crippen LogP) is 5.88. The molecule has 0 aliphatic carbocycles. The number of rotatable bonds is 3. The molecule has 0 radical (unpaired) electrons. The first-order valence-corrected chi connectivity index (χ1v) is 12.4. The fraction of sp³-hybridized carbons (Fsp3) is 0.400. The molecule has 0 bridgehead atoms. The van der Waals surface area contributed by atoms with Crippen LogP contribution in [0.25, 0.3) is 0 Å². The number of hydrogen-bond donors (Lipinski definition) is 0. The van der Waals surface area contributed by atoms with Gasteiger partial charge in [0.15, 0.2) is 13.7 Å². The molecule has 2 aromatic rings.